The summed E-state index contributed by atoms with van der Waals surface area (Å²) in [5.41, 5.74) is 2.16. The van der Waals surface area contributed by atoms with Gasteiger partial charge in [0, 0.05) is 64.6 Å². The number of aryl methyl sites for hydroxylation is 1. The van der Waals surface area contributed by atoms with Gasteiger partial charge in [-0.15, -0.1) is 11.3 Å². The average Bonchev–Trinajstić information content (AvgIpc) is 3.38. The molecule has 0 spiro atoms. The number of piperazine rings is 1. The van der Waals surface area contributed by atoms with Crippen LogP contribution in [0.15, 0.2) is 18.2 Å². The van der Waals surface area contributed by atoms with Crippen molar-refractivity contribution in [1.29, 1.82) is 0 Å². The fraction of sp³-hybridized carbons (Fsp3) is 0.688. The van der Waals surface area contributed by atoms with E-state index in [9.17, 15) is 14.4 Å². The average molecular weight is 599 g/mol. The number of carbonyl (C=O) groups is 3. The molecule has 42 heavy (non-hydrogen) atoms. The number of hydrogen-bond donors (Lipinski definition) is 3. The maximum atomic E-state index is 13.6. The van der Waals surface area contributed by atoms with Crippen LogP contribution in [-0.4, -0.2) is 90.9 Å². The molecule has 3 atom stereocenters. The first-order valence-corrected chi connectivity index (χ1v) is 16.7. The first-order chi connectivity index (χ1) is 20.2. The number of nitrogens with one attached hydrogen (secondary N) is 3. The zero-order valence-corrected chi connectivity index (χ0v) is 26.7. The van der Waals surface area contributed by atoms with E-state index in [0.29, 0.717) is 18.9 Å². The van der Waals surface area contributed by atoms with Crippen LogP contribution in [0, 0.1) is 11.8 Å². The Balaban J connectivity index is 1.39. The van der Waals surface area contributed by atoms with Crippen molar-refractivity contribution >= 4 is 39.3 Å². The molecule has 1 saturated carbocycles. The molecule has 4 rings (SSSR count). The molecule has 2 unspecified atom stereocenters. The molecule has 10 heteroatoms. The first kappa shape index (κ1) is 32.4. The number of aromatic nitrogens is 1. The van der Waals surface area contributed by atoms with Gasteiger partial charge >= 0.3 is 0 Å². The van der Waals surface area contributed by atoms with Crippen molar-refractivity contribution in [2.45, 2.75) is 84.2 Å². The molecule has 1 aromatic heterocycles. The molecule has 3 N–H and O–H groups in total. The van der Waals surface area contributed by atoms with Crippen molar-refractivity contribution < 1.29 is 14.4 Å². The molecule has 9 nitrogen and oxygen atoms in total. The summed E-state index contributed by atoms with van der Waals surface area (Å²) in [6.07, 6.45) is 8.11. The van der Waals surface area contributed by atoms with Crippen LogP contribution in [0.2, 0.25) is 0 Å². The van der Waals surface area contributed by atoms with Crippen LogP contribution in [-0.2, 0) is 27.2 Å². The molecule has 1 aromatic carbocycles. The minimum absolute atomic E-state index is 0.0242. The third kappa shape index (κ3) is 9.74. The van der Waals surface area contributed by atoms with Gasteiger partial charge in [-0.3, -0.25) is 14.4 Å². The Morgan fingerprint density at radius 1 is 1.05 bits per heavy atom. The summed E-state index contributed by atoms with van der Waals surface area (Å²) in [6, 6.07) is 5.33. The summed E-state index contributed by atoms with van der Waals surface area (Å²) >= 11 is 1.57. The highest BCUT2D eigenvalue weighted by Gasteiger charge is 2.28. The minimum atomic E-state index is -0.727. The Morgan fingerprint density at radius 2 is 1.79 bits per heavy atom. The molecule has 3 amide bonds. The quantitative estimate of drug-likeness (QED) is 0.327. The van der Waals surface area contributed by atoms with Gasteiger partial charge in [-0.2, -0.15) is 0 Å². The Kier molecular flexibility index (Phi) is 12.2. The number of nitrogens with zero attached hydrogens (tertiary/aromatic N) is 3. The van der Waals surface area contributed by atoms with E-state index >= 15 is 0 Å². The molecule has 1 aliphatic carbocycles. The molecule has 2 heterocycles. The van der Waals surface area contributed by atoms with Crippen LogP contribution in [0.5, 0.6) is 0 Å². The largest absolute Gasteiger partial charge is 0.354 e. The summed E-state index contributed by atoms with van der Waals surface area (Å²) in [6.45, 7) is 10.7. The van der Waals surface area contributed by atoms with E-state index in [1.807, 2.05) is 13.0 Å². The van der Waals surface area contributed by atoms with Gasteiger partial charge in [0.25, 0.3) is 0 Å². The summed E-state index contributed by atoms with van der Waals surface area (Å²) in [4.78, 5) is 48.3. The molecule has 232 valence electrons. The van der Waals surface area contributed by atoms with Crippen LogP contribution in [0.3, 0.4) is 0 Å². The highest BCUT2D eigenvalue weighted by atomic mass is 32.1. The predicted molar refractivity (Wildman–Crippen MR) is 170 cm³/mol. The van der Waals surface area contributed by atoms with Gasteiger partial charge in [0.15, 0.2) is 0 Å². The van der Waals surface area contributed by atoms with E-state index < -0.39 is 6.04 Å². The third-order valence-electron chi connectivity index (χ3n) is 8.77. The normalized spacial score (nSPS) is 19.2. The van der Waals surface area contributed by atoms with Crippen molar-refractivity contribution in [3.63, 3.8) is 0 Å². The zero-order valence-electron chi connectivity index (χ0n) is 25.9. The summed E-state index contributed by atoms with van der Waals surface area (Å²) < 4.78 is 1.09. The second-order valence-electron chi connectivity index (χ2n) is 12.4. The zero-order chi connectivity index (χ0) is 30.1. The lowest BCUT2D eigenvalue weighted by Gasteiger charge is -2.33. The number of carbonyl (C=O) groups excluding carboxylic acids is 3. The van der Waals surface area contributed by atoms with Gasteiger partial charge in [-0.25, -0.2) is 4.98 Å². The maximum absolute atomic E-state index is 13.6. The van der Waals surface area contributed by atoms with Crippen LogP contribution in [0.1, 0.15) is 69.9 Å². The molecular weight excluding hydrogens is 548 g/mol. The van der Waals surface area contributed by atoms with E-state index in [-0.39, 0.29) is 29.7 Å². The number of likely N-dealkylation sites (N-methyl/N-ethyl adjacent to an activating group) is 1. The molecule has 1 aliphatic heterocycles. The fourth-order valence-electron chi connectivity index (χ4n) is 6.17. The Morgan fingerprint density at radius 3 is 2.48 bits per heavy atom. The minimum Gasteiger partial charge on any atom is -0.354 e. The SMILES string of the molecule is CCc1ccc2nc(C[C@H](NC(C)=O)C(=O)NC(CNC(=O)C(C)CN3CCN(C)CC3)CC3CCCCC3)sc2c1. The molecule has 2 aromatic rings. The van der Waals surface area contributed by atoms with E-state index in [2.05, 4.69) is 51.9 Å². The van der Waals surface area contributed by atoms with Crippen molar-refractivity contribution in [2.24, 2.45) is 11.8 Å². The van der Waals surface area contributed by atoms with Gasteiger partial charge < -0.3 is 25.8 Å². The van der Waals surface area contributed by atoms with Gasteiger partial charge in [0.05, 0.1) is 15.2 Å². The van der Waals surface area contributed by atoms with Gasteiger partial charge in [0.2, 0.25) is 17.7 Å². The molecular formula is C32H50N6O3S. The van der Waals surface area contributed by atoms with Crippen LogP contribution < -0.4 is 16.0 Å². The number of hydrogen-bond acceptors (Lipinski definition) is 7. The Labute approximate surface area is 255 Å². The third-order valence-corrected chi connectivity index (χ3v) is 9.81. The van der Waals surface area contributed by atoms with E-state index in [0.717, 1.165) is 73.6 Å². The fourth-order valence-corrected chi connectivity index (χ4v) is 7.25. The number of amides is 3. The summed E-state index contributed by atoms with van der Waals surface area (Å²) in [5, 5.41) is 10.0. The first-order valence-electron chi connectivity index (χ1n) is 15.8. The van der Waals surface area contributed by atoms with Crippen molar-refractivity contribution in [2.75, 3.05) is 46.3 Å². The van der Waals surface area contributed by atoms with Crippen LogP contribution in [0.25, 0.3) is 10.2 Å². The van der Waals surface area contributed by atoms with E-state index in [1.165, 1.54) is 31.7 Å². The number of fused-ring (bicyclic) bond motifs is 1. The summed E-state index contributed by atoms with van der Waals surface area (Å²) in [7, 11) is 2.13. The van der Waals surface area contributed by atoms with Crippen LogP contribution in [0.4, 0.5) is 0 Å². The monoisotopic (exact) mass is 598 g/mol. The standard InChI is InChI=1S/C32H50N6O3S/c1-5-24-11-12-27-29(18-24)42-30(36-27)19-28(34-23(3)39)32(41)35-26(17-25-9-7-6-8-10-25)20-33-31(40)22(2)21-38-15-13-37(4)14-16-38/h11-12,18,22,25-26,28H,5-10,13-17,19-21H2,1-4H3,(H,33,40)(H,34,39)(H,35,41)/t22?,26?,28-/m0/s1. The van der Waals surface area contributed by atoms with E-state index in [1.54, 1.807) is 11.3 Å². The number of benzene rings is 1. The number of thiazole rings is 1. The molecule has 0 radical (unpaired) electrons. The van der Waals surface area contributed by atoms with E-state index in [4.69, 9.17) is 4.98 Å². The van der Waals surface area contributed by atoms with Gasteiger partial charge in [-0.05, 0) is 43.5 Å². The van der Waals surface area contributed by atoms with Crippen LogP contribution >= 0.6 is 11.3 Å². The summed E-state index contributed by atoms with van der Waals surface area (Å²) in [5.74, 6) is -0.0476. The Hall–Kier alpha value is -2.56. The van der Waals surface area contributed by atoms with Gasteiger partial charge in [-0.1, -0.05) is 52.0 Å². The predicted octanol–water partition coefficient (Wildman–Crippen LogP) is 3.36. The highest BCUT2D eigenvalue weighted by Crippen LogP contribution is 2.28. The molecule has 1 saturated heterocycles. The molecule has 2 aliphatic rings. The second-order valence-corrected chi connectivity index (χ2v) is 13.5. The number of rotatable bonds is 13. The highest BCUT2D eigenvalue weighted by molar-refractivity contribution is 7.18. The lowest BCUT2D eigenvalue weighted by atomic mass is 9.84. The van der Waals surface area contributed by atoms with Crippen molar-refractivity contribution in [1.82, 2.24) is 30.7 Å². The van der Waals surface area contributed by atoms with Crippen molar-refractivity contribution in [3.8, 4) is 0 Å². The lowest BCUT2D eigenvalue weighted by molar-refractivity contribution is -0.129. The Bertz CT molecular complexity index is 1190. The maximum Gasteiger partial charge on any atom is 0.243 e. The molecule has 2 fully saturated rings. The lowest BCUT2D eigenvalue weighted by Crippen LogP contribution is -2.53. The molecule has 0 bridgehead atoms. The topological polar surface area (TPSA) is 107 Å². The van der Waals surface area contributed by atoms with Gasteiger partial charge in [0.1, 0.15) is 6.04 Å². The smallest absolute Gasteiger partial charge is 0.243 e. The van der Waals surface area contributed by atoms with Crippen molar-refractivity contribution in [3.05, 3.63) is 28.8 Å². The second kappa shape index (κ2) is 15.8.